The molecule has 1 unspecified atom stereocenters. The summed E-state index contributed by atoms with van der Waals surface area (Å²) in [4.78, 5) is 26.5. The Balaban J connectivity index is 2.49. The number of rotatable bonds is 5. The maximum atomic E-state index is 13.5. The van der Waals surface area contributed by atoms with E-state index >= 15 is 0 Å². The quantitative estimate of drug-likeness (QED) is 0.226. The van der Waals surface area contributed by atoms with Crippen molar-refractivity contribution in [2.24, 2.45) is 10.9 Å². The second kappa shape index (κ2) is 5.82. The summed E-state index contributed by atoms with van der Waals surface area (Å²) in [6.45, 7) is 0. The van der Waals surface area contributed by atoms with E-state index in [0.717, 1.165) is 0 Å². The Kier molecular flexibility index (Phi) is 4.25. The number of carbonyl (C=O) groups is 2. The Morgan fingerprint density at radius 1 is 1.00 bits per heavy atom. The number of ketones is 1. The zero-order valence-corrected chi connectivity index (χ0v) is 10.7. The lowest BCUT2D eigenvalue weighted by Crippen LogP contribution is -2.28. The number of carbonyl (C=O) groups excluding carboxylic acids is 1. The van der Waals surface area contributed by atoms with Gasteiger partial charge in [0, 0.05) is 12.3 Å². The van der Waals surface area contributed by atoms with Gasteiger partial charge in [0.05, 0.1) is 5.56 Å². The average Bonchev–Trinajstić information content (AvgIpc) is 3.27. The van der Waals surface area contributed by atoms with Crippen molar-refractivity contribution < 1.29 is 36.6 Å². The van der Waals surface area contributed by atoms with Crippen molar-refractivity contribution in [3.63, 3.8) is 0 Å². The molecule has 1 aliphatic rings. The van der Waals surface area contributed by atoms with E-state index in [4.69, 9.17) is 5.11 Å². The molecule has 0 saturated heterocycles. The standard InChI is InChI=1S/C13H8F5NO3/c14-7-6(8(15)10(17)11(18)9(7)16)12(20)5(13(21)22)3-19-4-1-2-4/h3-5H,1-2H2,(H,21,22). The first-order valence-corrected chi connectivity index (χ1v) is 6.07. The molecular weight excluding hydrogens is 313 g/mol. The molecule has 0 spiro atoms. The summed E-state index contributed by atoms with van der Waals surface area (Å²) in [5.74, 6) is -17.5. The lowest BCUT2D eigenvalue weighted by Gasteiger charge is -2.10. The topological polar surface area (TPSA) is 66.7 Å². The number of carboxylic acids is 1. The SMILES string of the molecule is O=C(O)C(C=NC1CC1)C(=O)c1c(F)c(F)c(F)c(F)c1F. The zero-order valence-electron chi connectivity index (χ0n) is 10.7. The van der Waals surface area contributed by atoms with E-state index < -0.39 is 52.3 Å². The predicted molar refractivity (Wildman–Crippen MR) is 63.2 cm³/mol. The molecule has 2 rings (SSSR count). The van der Waals surface area contributed by atoms with Crippen molar-refractivity contribution in [1.29, 1.82) is 0 Å². The van der Waals surface area contributed by atoms with Crippen LogP contribution in [0.5, 0.6) is 0 Å². The number of hydrogen-bond acceptors (Lipinski definition) is 3. The largest absolute Gasteiger partial charge is 0.480 e. The Morgan fingerprint density at radius 3 is 1.86 bits per heavy atom. The van der Waals surface area contributed by atoms with Crippen LogP contribution in [0.1, 0.15) is 23.2 Å². The van der Waals surface area contributed by atoms with Gasteiger partial charge in [-0.15, -0.1) is 0 Å². The highest BCUT2D eigenvalue weighted by Crippen LogP contribution is 2.26. The maximum Gasteiger partial charge on any atom is 0.319 e. The van der Waals surface area contributed by atoms with Crippen molar-refractivity contribution in [3.05, 3.63) is 34.6 Å². The number of Topliss-reactive ketones (excluding diaryl/α,β-unsaturated/α-hetero) is 1. The first-order valence-electron chi connectivity index (χ1n) is 6.07. The van der Waals surface area contributed by atoms with Crippen molar-refractivity contribution in [2.75, 3.05) is 0 Å². The van der Waals surface area contributed by atoms with Crippen LogP contribution < -0.4 is 0 Å². The molecule has 1 N–H and O–H groups in total. The Labute approximate surface area is 120 Å². The number of nitrogens with zero attached hydrogens (tertiary/aromatic N) is 1. The molecule has 1 atom stereocenters. The fourth-order valence-corrected chi connectivity index (χ4v) is 1.65. The number of aliphatic carboxylic acids is 1. The predicted octanol–water partition coefficient (Wildman–Crippen LogP) is 2.50. The number of aliphatic imine (C=N–C) groups is 1. The molecule has 1 aromatic carbocycles. The highest BCUT2D eigenvalue weighted by Gasteiger charge is 2.36. The van der Waals surface area contributed by atoms with Gasteiger partial charge in [-0.2, -0.15) is 0 Å². The van der Waals surface area contributed by atoms with Gasteiger partial charge in [-0.1, -0.05) is 0 Å². The third-order valence-electron chi connectivity index (χ3n) is 3.00. The van der Waals surface area contributed by atoms with Crippen LogP contribution in [0.25, 0.3) is 0 Å². The molecule has 0 aromatic heterocycles. The van der Waals surface area contributed by atoms with E-state index in [1.54, 1.807) is 0 Å². The number of carboxylic acid groups (broad SMARTS) is 1. The van der Waals surface area contributed by atoms with Gasteiger partial charge in [0.2, 0.25) is 5.82 Å². The molecular formula is C13H8F5NO3. The molecule has 9 heteroatoms. The molecule has 1 aromatic rings. The molecule has 1 fully saturated rings. The Hall–Kier alpha value is -2.32. The molecule has 4 nitrogen and oxygen atoms in total. The van der Waals surface area contributed by atoms with Crippen LogP contribution in [0.3, 0.4) is 0 Å². The molecule has 1 aliphatic carbocycles. The second-order valence-corrected chi connectivity index (χ2v) is 4.65. The minimum absolute atomic E-state index is 0.189. The van der Waals surface area contributed by atoms with Gasteiger partial charge in [0.15, 0.2) is 35.0 Å². The van der Waals surface area contributed by atoms with E-state index in [0.29, 0.717) is 19.1 Å². The van der Waals surface area contributed by atoms with Crippen molar-refractivity contribution in [1.82, 2.24) is 0 Å². The molecule has 0 amide bonds. The van der Waals surface area contributed by atoms with Crippen LogP contribution in [0.2, 0.25) is 0 Å². The molecule has 0 heterocycles. The Bertz CT molecular complexity index is 656. The molecule has 0 bridgehead atoms. The fourth-order valence-electron chi connectivity index (χ4n) is 1.65. The fraction of sp³-hybridized carbons (Fsp3) is 0.308. The lowest BCUT2D eigenvalue weighted by atomic mass is 9.97. The lowest BCUT2D eigenvalue weighted by molar-refractivity contribution is -0.137. The van der Waals surface area contributed by atoms with Crippen LogP contribution in [0.15, 0.2) is 4.99 Å². The van der Waals surface area contributed by atoms with E-state index in [-0.39, 0.29) is 6.04 Å². The summed E-state index contributed by atoms with van der Waals surface area (Å²) < 4.78 is 66.0. The smallest absolute Gasteiger partial charge is 0.319 e. The molecule has 0 radical (unpaired) electrons. The van der Waals surface area contributed by atoms with E-state index in [2.05, 4.69) is 4.99 Å². The second-order valence-electron chi connectivity index (χ2n) is 4.65. The van der Waals surface area contributed by atoms with Crippen LogP contribution in [-0.2, 0) is 4.79 Å². The summed E-state index contributed by atoms with van der Waals surface area (Å²) in [7, 11) is 0. The van der Waals surface area contributed by atoms with Gasteiger partial charge in [-0.05, 0) is 12.8 Å². The minimum Gasteiger partial charge on any atom is -0.480 e. The van der Waals surface area contributed by atoms with Gasteiger partial charge in [-0.3, -0.25) is 14.6 Å². The van der Waals surface area contributed by atoms with Crippen LogP contribution in [0.4, 0.5) is 22.0 Å². The van der Waals surface area contributed by atoms with Gasteiger partial charge < -0.3 is 5.11 Å². The van der Waals surface area contributed by atoms with E-state index in [1.807, 2.05) is 0 Å². The summed E-state index contributed by atoms with van der Waals surface area (Å²) in [6, 6.07) is -0.189. The maximum absolute atomic E-state index is 13.5. The van der Waals surface area contributed by atoms with E-state index in [9.17, 15) is 31.5 Å². The third kappa shape index (κ3) is 2.83. The molecule has 118 valence electrons. The highest BCUT2D eigenvalue weighted by molar-refractivity contribution is 6.18. The summed E-state index contributed by atoms with van der Waals surface area (Å²) in [6.07, 6.45) is 1.99. The van der Waals surface area contributed by atoms with Crippen LogP contribution in [0, 0.1) is 35.0 Å². The number of hydrogen-bond donors (Lipinski definition) is 1. The van der Waals surface area contributed by atoms with Gasteiger partial charge >= 0.3 is 5.97 Å². The zero-order chi connectivity index (χ0) is 16.6. The van der Waals surface area contributed by atoms with Crippen LogP contribution >= 0.6 is 0 Å². The van der Waals surface area contributed by atoms with Gasteiger partial charge in [0.25, 0.3) is 0 Å². The highest BCUT2D eigenvalue weighted by atomic mass is 19.2. The monoisotopic (exact) mass is 321 g/mol. The van der Waals surface area contributed by atoms with Gasteiger partial charge in [-0.25, -0.2) is 22.0 Å². The first kappa shape index (κ1) is 16.1. The van der Waals surface area contributed by atoms with E-state index in [1.165, 1.54) is 0 Å². The van der Waals surface area contributed by atoms with Crippen molar-refractivity contribution in [3.8, 4) is 0 Å². The summed E-state index contributed by atoms with van der Waals surface area (Å²) in [5, 5.41) is 8.89. The van der Waals surface area contributed by atoms with Crippen molar-refractivity contribution >= 4 is 18.0 Å². The first-order chi connectivity index (χ1) is 10.3. The molecule has 1 saturated carbocycles. The summed E-state index contributed by atoms with van der Waals surface area (Å²) >= 11 is 0. The van der Waals surface area contributed by atoms with Crippen molar-refractivity contribution in [2.45, 2.75) is 18.9 Å². The molecule has 0 aliphatic heterocycles. The minimum atomic E-state index is -2.43. The number of halogens is 5. The van der Waals surface area contributed by atoms with Crippen LogP contribution in [-0.4, -0.2) is 29.1 Å². The Morgan fingerprint density at radius 2 is 1.45 bits per heavy atom. The average molecular weight is 321 g/mol. The molecule has 22 heavy (non-hydrogen) atoms. The number of benzene rings is 1. The third-order valence-corrected chi connectivity index (χ3v) is 3.00. The normalized spacial score (nSPS) is 16.0. The summed E-state index contributed by atoms with van der Waals surface area (Å²) in [5.41, 5.74) is -1.79. The van der Waals surface area contributed by atoms with Gasteiger partial charge in [0.1, 0.15) is 0 Å².